The van der Waals surface area contributed by atoms with Crippen LogP contribution in [-0.4, -0.2) is 8.32 Å². The molecule has 0 aromatic carbocycles. The second-order valence-corrected chi connectivity index (χ2v) is 7.94. The predicted molar refractivity (Wildman–Crippen MR) is 57.7 cm³/mol. The highest BCUT2D eigenvalue weighted by molar-refractivity contribution is 6.73. The third kappa shape index (κ3) is 3.01. The van der Waals surface area contributed by atoms with Crippen molar-refractivity contribution in [2.24, 2.45) is 0 Å². The zero-order chi connectivity index (χ0) is 9.61. The van der Waals surface area contributed by atoms with E-state index in [1.807, 2.05) is 6.92 Å². The molecule has 0 aromatic heterocycles. The molecular formula is C10H22OSi. The lowest BCUT2D eigenvalue weighted by Gasteiger charge is -2.29. The van der Waals surface area contributed by atoms with Crippen LogP contribution in [0.3, 0.4) is 0 Å². The molecule has 0 radical (unpaired) electrons. The van der Waals surface area contributed by atoms with E-state index in [1.165, 1.54) is 18.1 Å². The van der Waals surface area contributed by atoms with Crippen molar-refractivity contribution in [2.45, 2.75) is 52.8 Å². The van der Waals surface area contributed by atoms with Crippen molar-refractivity contribution < 1.29 is 4.43 Å². The Morgan fingerprint density at radius 1 is 1.17 bits per heavy atom. The Hall–Kier alpha value is -0.243. The summed E-state index contributed by atoms with van der Waals surface area (Å²) in [4.78, 5) is 0. The Bertz CT molecular complexity index is 140. The van der Waals surface area contributed by atoms with Gasteiger partial charge in [0.05, 0.1) is 5.76 Å². The smallest absolute Gasteiger partial charge is 0.250 e. The van der Waals surface area contributed by atoms with Crippen LogP contribution in [0.2, 0.25) is 18.1 Å². The van der Waals surface area contributed by atoms with Crippen molar-refractivity contribution in [1.82, 2.24) is 0 Å². The van der Waals surface area contributed by atoms with E-state index in [4.69, 9.17) is 4.43 Å². The highest BCUT2D eigenvalue weighted by atomic mass is 28.4. The second-order valence-electron chi connectivity index (χ2n) is 3.25. The van der Waals surface area contributed by atoms with Gasteiger partial charge in [0.1, 0.15) is 0 Å². The minimum Gasteiger partial charge on any atom is -0.547 e. The predicted octanol–water partition coefficient (Wildman–Crippen LogP) is 3.93. The van der Waals surface area contributed by atoms with E-state index in [0.29, 0.717) is 0 Å². The Morgan fingerprint density at radius 3 is 1.83 bits per heavy atom. The van der Waals surface area contributed by atoms with Gasteiger partial charge in [-0.2, -0.15) is 0 Å². The minimum absolute atomic E-state index is 1.10. The second kappa shape index (κ2) is 5.41. The molecule has 0 spiro atoms. The summed E-state index contributed by atoms with van der Waals surface area (Å²) in [6, 6.07) is 3.68. The molecule has 0 heterocycles. The quantitative estimate of drug-likeness (QED) is 0.467. The molecule has 0 rings (SSSR count). The number of hydrogen-bond donors (Lipinski definition) is 0. The lowest BCUT2D eigenvalue weighted by atomic mass is 10.5. The van der Waals surface area contributed by atoms with Crippen LogP contribution in [0.1, 0.15) is 34.6 Å². The van der Waals surface area contributed by atoms with Gasteiger partial charge >= 0.3 is 0 Å². The maximum Gasteiger partial charge on any atom is 0.250 e. The van der Waals surface area contributed by atoms with E-state index in [9.17, 15) is 0 Å². The Balaban J connectivity index is 4.30. The molecule has 2 heteroatoms. The summed E-state index contributed by atoms with van der Waals surface area (Å²) in [7, 11) is -1.37. The van der Waals surface area contributed by atoms with Crippen LogP contribution < -0.4 is 0 Å². The van der Waals surface area contributed by atoms with Crippen molar-refractivity contribution in [3.8, 4) is 0 Å². The van der Waals surface area contributed by atoms with Crippen LogP contribution in [-0.2, 0) is 4.43 Å². The van der Waals surface area contributed by atoms with Gasteiger partial charge in [-0.05, 0) is 32.0 Å². The maximum absolute atomic E-state index is 6.03. The third-order valence-corrected chi connectivity index (χ3v) is 7.34. The highest BCUT2D eigenvalue weighted by Crippen LogP contribution is 2.24. The molecule has 0 aliphatic rings. The molecule has 0 fully saturated rings. The van der Waals surface area contributed by atoms with Crippen molar-refractivity contribution in [3.63, 3.8) is 0 Å². The number of hydrogen-bond acceptors (Lipinski definition) is 1. The molecule has 0 bridgehead atoms. The molecule has 0 aliphatic carbocycles. The van der Waals surface area contributed by atoms with Gasteiger partial charge in [-0.15, -0.1) is 0 Å². The average molecular weight is 186 g/mol. The Morgan fingerprint density at radius 2 is 1.58 bits per heavy atom. The normalized spacial score (nSPS) is 13.2. The van der Waals surface area contributed by atoms with E-state index >= 15 is 0 Å². The number of rotatable bonds is 5. The lowest BCUT2D eigenvalue weighted by Crippen LogP contribution is -2.34. The first-order valence-electron chi connectivity index (χ1n) is 4.96. The molecule has 0 aromatic rings. The molecule has 0 amide bonds. The minimum atomic E-state index is -1.37. The van der Waals surface area contributed by atoms with Gasteiger partial charge in [-0.3, -0.25) is 0 Å². The van der Waals surface area contributed by atoms with Crippen LogP contribution >= 0.6 is 0 Å². The summed E-state index contributed by atoms with van der Waals surface area (Å²) in [5, 5.41) is 0. The van der Waals surface area contributed by atoms with E-state index in [0.717, 1.165) is 5.76 Å². The highest BCUT2D eigenvalue weighted by Gasteiger charge is 2.30. The van der Waals surface area contributed by atoms with Gasteiger partial charge in [-0.1, -0.05) is 26.8 Å². The molecule has 0 atom stereocenters. The maximum atomic E-state index is 6.03. The fourth-order valence-electron chi connectivity index (χ4n) is 1.37. The molecule has 12 heavy (non-hydrogen) atoms. The van der Waals surface area contributed by atoms with Crippen molar-refractivity contribution in [3.05, 3.63) is 11.8 Å². The Kier molecular flexibility index (Phi) is 5.30. The van der Waals surface area contributed by atoms with E-state index < -0.39 is 8.32 Å². The van der Waals surface area contributed by atoms with Gasteiger partial charge < -0.3 is 4.43 Å². The van der Waals surface area contributed by atoms with Crippen molar-refractivity contribution >= 4 is 8.32 Å². The molecule has 0 unspecified atom stereocenters. The standard InChI is InChI=1S/C10H22OSi/c1-6-10(5)11-12(7-2,8-3)9-4/h6H,7-9H2,1-5H3. The molecule has 0 saturated carbocycles. The van der Waals surface area contributed by atoms with Gasteiger partial charge in [0, 0.05) is 0 Å². The van der Waals surface area contributed by atoms with Crippen LogP contribution in [0.15, 0.2) is 11.8 Å². The zero-order valence-corrected chi connectivity index (χ0v) is 10.1. The molecule has 72 valence electrons. The fraction of sp³-hybridized carbons (Fsp3) is 0.800. The molecule has 1 nitrogen and oxygen atoms in total. The first-order chi connectivity index (χ1) is 5.64. The topological polar surface area (TPSA) is 9.23 Å². The lowest BCUT2D eigenvalue weighted by molar-refractivity contribution is 0.406. The third-order valence-electron chi connectivity index (χ3n) is 2.72. The van der Waals surface area contributed by atoms with Crippen LogP contribution in [0.5, 0.6) is 0 Å². The SMILES string of the molecule is CC=C(C)O[Si](CC)(CC)CC. The molecule has 0 aliphatic heterocycles. The summed E-state index contributed by atoms with van der Waals surface area (Å²) < 4.78 is 6.03. The van der Waals surface area contributed by atoms with E-state index in [2.05, 4.69) is 33.8 Å². The van der Waals surface area contributed by atoms with Gasteiger partial charge in [-0.25, -0.2) is 0 Å². The van der Waals surface area contributed by atoms with Gasteiger partial charge in [0.25, 0.3) is 0 Å². The summed E-state index contributed by atoms with van der Waals surface area (Å²) in [6.45, 7) is 10.9. The first-order valence-corrected chi connectivity index (χ1v) is 7.49. The van der Waals surface area contributed by atoms with Gasteiger partial charge in [0.2, 0.25) is 8.32 Å². The Labute approximate surface area is 78.0 Å². The van der Waals surface area contributed by atoms with Crippen LogP contribution in [0.25, 0.3) is 0 Å². The summed E-state index contributed by atoms with van der Waals surface area (Å²) in [5.41, 5.74) is 0. The van der Waals surface area contributed by atoms with E-state index in [-0.39, 0.29) is 0 Å². The molecule has 0 saturated heterocycles. The van der Waals surface area contributed by atoms with Crippen LogP contribution in [0.4, 0.5) is 0 Å². The molecular weight excluding hydrogens is 164 g/mol. The molecule has 0 N–H and O–H groups in total. The summed E-state index contributed by atoms with van der Waals surface area (Å²) >= 11 is 0. The summed E-state index contributed by atoms with van der Waals surface area (Å²) in [5.74, 6) is 1.10. The fourth-order valence-corrected chi connectivity index (χ4v) is 4.10. The first kappa shape index (κ1) is 11.8. The van der Waals surface area contributed by atoms with Crippen molar-refractivity contribution in [1.29, 1.82) is 0 Å². The number of allylic oxidation sites excluding steroid dienone is 2. The van der Waals surface area contributed by atoms with Crippen LogP contribution in [0, 0.1) is 0 Å². The van der Waals surface area contributed by atoms with Crippen molar-refractivity contribution in [2.75, 3.05) is 0 Å². The average Bonchev–Trinajstić information content (AvgIpc) is 2.14. The zero-order valence-electron chi connectivity index (χ0n) is 9.11. The van der Waals surface area contributed by atoms with Gasteiger partial charge in [0.15, 0.2) is 0 Å². The summed E-state index contributed by atoms with van der Waals surface area (Å²) in [6.07, 6.45) is 2.06. The monoisotopic (exact) mass is 186 g/mol. The largest absolute Gasteiger partial charge is 0.547 e. The van der Waals surface area contributed by atoms with E-state index in [1.54, 1.807) is 0 Å².